The van der Waals surface area contributed by atoms with Gasteiger partial charge in [-0.1, -0.05) is 6.08 Å². The standard InChI is InChI=1S/C9H14O3/c1-9(2,3)12-8(11)6-4-5-7-10/h4,6-7H,5H2,1-3H3. The maximum absolute atomic E-state index is 10.9. The highest BCUT2D eigenvalue weighted by atomic mass is 16.6. The lowest BCUT2D eigenvalue weighted by Gasteiger charge is -2.17. The molecule has 12 heavy (non-hydrogen) atoms. The highest BCUT2D eigenvalue weighted by Gasteiger charge is 2.13. The van der Waals surface area contributed by atoms with Crippen molar-refractivity contribution in [2.75, 3.05) is 0 Å². The van der Waals surface area contributed by atoms with E-state index in [-0.39, 0.29) is 6.42 Å². The summed E-state index contributed by atoms with van der Waals surface area (Å²) in [5.41, 5.74) is -0.470. The van der Waals surface area contributed by atoms with Crippen molar-refractivity contribution < 1.29 is 14.3 Å². The Kier molecular flexibility index (Phi) is 4.26. The first-order valence-electron chi connectivity index (χ1n) is 3.79. The SMILES string of the molecule is CC(C)(C)OC(=O)C=CCC=O. The maximum atomic E-state index is 10.9. The minimum Gasteiger partial charge on any atom is -0.457 e. The largest absolute Gasteiger partial charge is 0.457 e. The minimum atomic E-state index is -0.470. The number of aldehydes is 1. The summed E-state index contributed by atoms with van der Waals surface area (Å²) in [6.07, 6.45) is 3.71. The van der Waals surface area contributed by atoms with Crippen LogP contribution in [0.25, 0.3) is 0 Å². The van der Waals surface area contributed by atoms with Crippen LogP contribution in [0.5, 0.6) is 0 Å². The molecule has 0 aromatic rings. The fourth-order valence-electron chi connectivity index (χ4n) is 0.556. The molecule has 0 aliphatic carbocycles. The lowest BCUT2D eigenvalue weighted by molar-refractivity contribution is -0.148. The molecule has 0 aliphatic heterocycles. The van der Waals surface area contributed by atoms with E-state index >= 15 is 0 Å². The Balaban J connectivity index is 3.82. The average molecular weight is 170 g/mol. The molecule has 0 atom stereocenters. The van der Waals surface area contributed by atoms with Gasteiger partial charge in [-0.25, -0.2) is 4.79 Å². The average Bonchev–Trinajstić information content (AvgIpc) is 1.84. The molecule has 0 unspecified atom stereocenters. The summed E-state index contributed by atoms with van der Waals surface area (Å²) in [6, 6.07) is 0. The van der Waals surface area contributed by atoms with Crippen LogP contribution in [0.2, 0.25) is 0 Å². The fraction of sp³-hybridized carbons (Fsp3) is 0.556. The molecule has 0 bridgehead atoms. The molecule has 0 fully saturated rings. The van der Waals surface area contributed by atoms with Crippen molar-refractivity contribution in [3.8, 4) is 0 Å². The van der Waals surface area contributed by atoms with Gasteiger partial charge in [0.1, 0.15) is 11.9 Å². The van der Waals surface area contributed by atoms with Crippen molar-refractivity contribution in [3.63, 3.8) is 0 Å². The van der Waals surface area contributed by atoms with Crippen LogP contribution in [0.15, 0.2) is 12.2 Å². The number of ether oxygens (including phenoxy) is 1. The summed E-state index contributed by atoms with van der Waals surface area (Å²) in [6.45, 7) is 5.37. The molecule has 0 spiro atoms. The van der Waals surface area contributed by atoms with E-state index in [4.69, 9.17) is 4.74 Å². The molecule has 0 radical (unpaired) electrons. The maximum Gasteiger partial charge on any atom is 0.330 e. The second-order valence-corrected chi connectivity index (χ2v) is 3.34. The highest BCUT2D eigenvalue weighted by molar-refractivity contribution is 5.82. The van der Waals surface area contributed by atoms with E-state index in [0.29, 0.717) is 0 Å². The molecule has 3 nitrogen and oxygen atoms in total. The van der Waals surface area contributed by atoms with Gasteiger partial charge in [0.25, 0.3) is 0 Å². The Labute approximate surface area is 72.4 Å². The van der Waals surface area contributed by atoms with Crippen molar-refractivity contribution in [3.05, 3.63) is 12.2 Å². The van der Waals surface area contributed by atoms with Gasteiger partial charge in [-0.05, 0) is 20.8 Å². The van der Waals surface area contributed by atoms with Crippen molar-refractivity contribution >= 4 is 12.3 Å². The van der Waals surface area contributed by atoms with Gasteiger partial charge in [-0.2, -0.15) is 0 Å². The van der Waals surface area contributed by atoms with E-state index in [0.717, 1.165) is 6.29 Å². The highest BCUT2D eigenvalue weighted by Crippen LogP contribution is 2.06. The van der Waals surface area contributed by atoms with Crippen LogP contribution >= 0.6 is 0 Å². The summed E-state index contributed by atoms with van der Waals surface area (Å²) in [4.78, 5) is 20.8. The number of hydrogen-bond acceptors (Lipinski definition) is 3. The van der Waals surface area contributed by atoms with Gasteiger partial charge in [0.05, 0.1) is 0 Å². The minimum absolute atomic E-state index is 0.249. The van der Waals surface area contributed by atoms with Crippen LogP contribution in [-0.4, -0.2) is 17.9 Å². The predicted octanol–water partition coefficient (Wildman–Crippen LogP) is 1.47. The molecule has 0 heterocycles. The Hall–Kier alpha value is -1.12. The Morgan fingerprint density at radius 3 is 2.42 bits per heavy atom. The third-order valence-corrected chi connectivity index (χ3v) is 0.893. The molecular weight excluding hydrogens is 156 g/mol. The van der Waals surface area contributed by atoms with Crippen LogP contribution in [0, 0.1) is 0 Å². The van der Waals surface area contributed by atoms with Crippen LogP contribution in [0.3, 0.4) is 0 Å². The van der Waals surface area contributed by atoms with Gasteiger partial charge in [0, 0.05) is 12.5 Å². The van der Waals surface area contributed by atoms with Gasteiger partial charge in [-0.15, -0.1) is 0 Å². The third kappa shape index (κ3) is 6.99. The van der Waals surface area contributed by atoms with Crippen LogP contribution in [-0.2, 0) is 14.3 Å². The number of allylic oxidation sites excluding steroid dienone is 1. The third-order valence-electron chi connectivity index (χ3n) is 0.893. The molecule has 0 saturated heterocycles. The normalized spacial score (nSPS) is 11.6. The first kappa shape index (κ1) is 10.9. The van der Waals surface area contributed by atoms with Gasteiger partial charge < -0.3 is 9.53 Å². The molecule has 3 heteroatoms. The lowest BCUT2D eigenvalue weighted by Crippen LogP contribution is -2.22. The number of hydrogen-bond donors (Lipinski definition) is 0. The van der Waals surface area contributed by atoms with Gasteiger partial charge >= 0.3 is 5.97 Å². The smallest absolute Gasteiger partial charge is 0.330 e. The Morgan fingerprint density at radius 1 is 1.42 bits per heavy atom. The quantitative estimate of drug-likeness (QED) is 0.366. The number of carbonyl (C=O) groups is 2. The van der Waals surface area contributed by atoms with E-state index in [9.17, 15) is 9.59 Å². The summed E-state index contributed by atoms with van der Waals surface area (Å²) in [5.74, 6) is -0.413. The van der Waals surface area contributed by atoms with Crippen LogP contribution < -0.4 is 0 Å². The van der Waals surface area contributed by atoms with E-state index in [1.54, 1.807) is 20.8 Å². The number of esters is 1. The van der Waals surface area contributed by atoms with Crippen molar-refractivity contribution in [1.29, 1.82) is 0 Å². The van der Waals surface area contributed by atoms with Gasteiger partial charge in [0.2, 0.25) is 0 Å². The van der Waals surface area contributed by atoms with E-state index in [1.807, 2.05) is 0 Å². The molecule has 0 N–H and O–H groups in total. The summed E-state index contributed by atoms with van der Waals surface area (Å²) >= 11 is 0. The second kappa shape index (κ2) is 4.70. The summed E-state index contributed by atoms with van der Waals surface area (Å²) < 4.78 is 4.94. The monoisotopic (exact) mass is 170 g/mol. The lowest BCUT2D eigenvalue weighted by atomic mass is 10.2. The predicted molar refractivity (Wildman–Crippen MR) is 45.7 cm³/mol. The topological polar surface area (TPSA) is 43.4 Å². The van der Waals surface area contributed by atoms with Crippen molar-refractivity contribution in [1.82, 2.24) is 0 Å². The first-order chi connectivity index (χ1) is 5.45. The van der Waals surface area contributed by atoms with E-state index < -0.39 is 11.6 Å². The molecule has 0 rings (SSSR count). The fourth-order valence-corrected chi connectivity index (χ4v) is 0.556. The number of carbonyl (C=O) groups excluding carboxylic acids is 2. The zero-order valence-electron chi connectivity index (χ0n) is 7.66. The Morgan fingerprint density at radius 2 is 2.00 bits per heavy atom. The summed E-state index contributed by atoms with van der Waals surface area (Å²) in [7, 11) is 0. The molecule has 0 saturated carbocycles. The number of rotatable bonds is 3. The molecule has 0 aromatic carbocycles. The molecule has 68 valence electrons. The molecule has 0 aromatic heterocycles. The second-order valence-electron chi connectivity index (χ2n) is 3.34. The van der Waals surface area contributed by atoms with E-state index in [2.05, 4.69) is 0 Å². The van der Waals surface area contributed by atoms with Crippen molar-refractivity contribution in [2.45, 2.75) is 32.8 Å². The first-order valence-corrected chi connectivity index (χ1v) is 3.79. The van der Waals surface area contributed by atoms with Crippen LogP contribution in [0.1, 0.15) is 27.2 Å². The zero-order valence-corrected chi connectivity index (χ0v) is 7.66. The van der Waals surface area contributed by atoms with Crippen LogP contribution in [0.4, 0.5) is 0 Å². The molecule has 0 aliphatic rings. The van der Waals surface area contributed by atoms with E-state index in [1.165, 1.54) is 12.2 Å². The van der Waals surface area contributed by atoms with Gasteiger partial charge in [-0.3, -0.25) is 0 Å². The Bertz CT molecular complexity index is 186. The van der Waals surface area contributed by atoms with Crippen molar-refractivity contribution in [2.24, 2.45) is 0 Å². The van der Waals surface area contributed by atoms with Gasteiger partial charge in [0.15, 0.2) is 0 Å². The molecular formula is C9H14O3. The zero-order chi connectivity index (χ0) is 9.61. The molecule has 0 amide bonds. The summed E-state index contributed by atoms with van der Waals surface area (Å²) in [5, 5.41) is 0.